The molecule has 0 bridgehead atoms. The third kappa shape index (κ3) is 3.10. The minimum Gasteiger partial charge on any atom is -0.494 e. The summed E-state index contributed by atoms with van der Waals surface area (Å²) in [6, 6.07) is 16.2. The molecule has 0 aliphatic carbocycles. The summed E-state index contributed by atoms with van der Waals surface area (Å²) in [7, 11) is 1.41. The fraction of sp³-hybridized carbons (Fsp3) is 0.238. The first-order chi connectivity index (χ1) is 13.6. The first kappa shape index (κ1) is 18.1. The summed E-state index contributed by atoms with van der Waals surface area (Å²) < 4.78 is 12.8. The second kappa shape index (κ2) is 7.36. The van der Waals surface area contributed by atoms with Gasteiger partial charge in [-0.15, -0.1) is 0 Å². The van der Waals surface area contributed by atoms with E-state index in [1.807, 2.05) is 31.2 Å². The number of aromatic nitrogens is 1. The van der Waals surface area contributed by atoms with Crippen molar-refractivity contribution in [1.29, 1.82) is 0 Å². The average molecular weight is 380 g/mol. The van der Waals surface area contributed by atoms with Crippen molar-refractivity contribution in [3.63, 3.8) is 0 Å². The number of benzene rings is 2. The number of carbonyl (C=O) groups is 2. The molecule has 0 N–H and O–H groups in total. The number of amides is 1. The maximum absolute atomic E-state index is 12.8. The van der Waals surface area contributed by atoms with Gasteiger partial charge >= 0.3 is 5.97 Å². The largest absolute Gasteiger partial charge is 0.494 e. The molecule has 7 nitrogen and oxygen atoms in total. The van der Waals surface area contributed by atoms with Crippen LogP contribution in [0.3, 0.4) is 0 Å². The van der Waals surface area contributed by atoms with E-state index in [2.05, 4.69) is 0 Å². The molecule has 7 heteroatoms. The zero-order valence-corrected chi connectivity index (χ0v) is 15.6. The van der Waals surface area contributed by atoms with Crippen LogP contribution in [0.4, 0.5) is 0 Å². The molecule has 1 aromatic heterocycles. The lowest BCUT2D eigenvalue weighted by Crippen LogP contribution is -2.31. The third-order valence-electron chi connectivity index (χ3n) is 4.63. The Morgan fingerprint density at radius 2 is 1.86 bits per heavy atom. The number of carbonyl (C=O) groups excluding carboxylic acids is 2. The first-order valence-corrected chi connectivity index (χ1v) is 9.03. The average Bonchev–Trinajstić information content (AvgIpc) is 3.18. The third-order valence-corrected chi connectivity index (χ3v) is 4.63. The number of hydrogen-bond donors (Lipinski definition) is 0. The molecule has 0 saturated heterocycles. The van der Waals surface area contributed by atoms with Crippen molar-refractivity contribution in [2.75, 3.05) is 13.7 Å². The molecule has 144 valence electrons. The monoisotopic (exact) mass is 380 g/mol. The SMILES string of the molecule is CCOc1ccc2cc3n(c2c1)C(CC(=O)Oc1ccccc1)N(OC)C3=O. The quantitative estimate of drug-likeness (QED) is 0.483. The van der Waals surface area contributed by atoms with Crippen molar-refractivity contribution in [2.45, 2.75) is 19.5 Å². The Balaban J connectivity index is 1.68. The van der Waals surface area contributed by atoms with Gasteiger partial charge in [0.05, 0.1) is 25.7 Å². The number of fused-ring (bicyclic) bond motifs is 3. The Hall–Kier alpha value is -3.32. The van der Waals surface area contributed by atoms with Gasteiger partial charge in [0.2, 0.25) is 0 Å². The zero-order chi connectivity index (χ0) is 19.7. The molecule has 2 heterocycles. The van der Waals surface area contributed by atoms with E-state index in [-0.39, 0.29) is 12.3 Å². The van der Waals surface area contributed by atoms with Crippen LogP contribution >= 0.6 is 0 Å². The van der Waals surface area contributed by atoms with Crippen molar-refractivity contribution in [3.05, 3.63) is 60.3 Å². The summed E-state index contributed by atoms with van der Waals surface area (Å²) in [5.74, 6) is 0.401. The summed E-state index contributed by atoms with van der Waals surface area (Å²) in [4.78, 5) is 30.6. The van der Waals surface area contributed by atoms with E-state index >= 15 is 0 Å². The molecule has 3 aromatic rings. The van der Waals surface area contributed by atoms with Crippen molar-refractivity contribution < 1.29 is 23.9 Å². The summed E-state index contributed by atoms with van der Waals surface area (Å²) in [6.45, 7) is 2.44. The second-order valence-corrected chi connectivity index (χ2v) is 6.34. The molecule has 2 aromatic carbocycles. The molecule has 28 heavy (non-hydrogen) atoms. The zero-order valence-electron chi connectivity index (χ0n) is 15.6. The molecule has 0 saturated carbocycles. The highest BCUT2D eigenvalue weighted by atomic mass is 16.7. The lowest BCUT2D eigenvalue weighted by molar-refractivity contribution is -0.151. The van der Waals surface area contributed by atoms with E-state index in [0.29, 0.717) is 23.8 Å². The van der Waals surface area contributed by atoms with Crippen LogP contribution in [0.15, 0.2) is 54.6 Å². The van der Waals surface area contributed by atoms with Crippen molar-refractivity contribution in [1.82, 2.24) is 9.63 Å². The van der Waals surface area contributed by atoms with Gasteiger partial charge in [0, 0.05) is 11.5 Å². The molecule has 1 aliphatic heterocycles. The van der Waals surface area contributed by atoms with Gasteiger partial charge in [0.1, 0.15) is 23.4 Å². The fourth-order valence-electron chi connectivity index (χ4n) is 3.49. The van der Waals surface area contributed by atoms with Crippen LogP contribution in [-0.2, 0) is 9.63 Å². The van der Waals surface area contributed by atoms with E-state index in [1.165, 1.54) is 12.2 Å². The van der Waals surface area contributed by atoms with Crippen LogP contribution in [-0.4, -0.2) is 35.2 Å². The number of nitrogens with zero attached hydrogens (tertiary/aromatic N) is 2. The number of ether oxygens (including phenoxy) is 2. The summed E-state index contributed by atoms with van der Waals surface area (Å²) in [5, 5.41) is 2.10. The van der Waals surface area contributed by atoms with Crippen molar-refractivity contribution in [2.24, 2.45) is 0 Å². The highest BCUT2D eigenvalue weighted by molar-refractivity contribution is 6.01. The smallest absolute Gasteiger partial charge is 0.315 e. The molecule has 1 unspecified atom stereocenters. The van der Waals surface area contributed by atoms with Gasteiger partial charge in [-0.3, -0.25) is 14.4 Å². The summed E-state index contributed by atoms with van der Waals surface area (Å²) in [5.41, 5.74) is 1.26. The van der Waals surface area contributed by atoms with Crippen LogP contribution in [0.1, 0.15) is 30.0 Å². The molecular formula is C21H20N2O5. The maximum Gasteiger partial charge on any atom is 0.315 e. The van der Waals surface area contributed by atoms with Crippen LogP contribution in [0.25, 0.3) is 10.9 Å². The number of rotatable bonds is 6. The number of hydrogen-bond acceptors (Lipinski definition) is 5. The fourth-order valence-corrected chi connectivity index (χ4v) is 3.49. The van der Waals surface area contributed by atoms with Gasteiger partial charge in [-0.1, -0.05) is 18.2 Å². The molecule has 0 spiro atoms. The van der Waals surface area contributed by atoms with E-state index in [1.54, 1.807) is 34.9 Å². The predicted molar refractivity (Wildman–Crippen MR) is 102 cm³/mol. The number of hydroxylamine groups is 2. The van der Waals surface area contributed by atoms with Gasteiger partial charge < -0.3 is 14.0 Å². The molecule has 0 radical (unpaired) electrons. The lowest BCUT2D eigenvalue weighted by Gasteiger charge is -2.23. The Labute approximate surface area is 162 Å². The molecule has 4 rings (SSSR count). The second-order valence-electron chi connectivity index (χ2n) is 6.34. The van der Waals surface area contributed by atoms with Gasteiger partial charge in [-0.25, -0.2) is 0 Å². The van der Waals surface area contributed by atoms with E-state index in [4.69, 9.17) is 14.3 Å². The van der Waals surface area contributed by atoms with Crippen LogP contribution in [0, 0.1) is 0 Å². The van der Waals surface area contributed by atoms with Gasteiger partial charge in [-0.2, -0.15) is 5.06 Å². The van der Waals surface area contributed by atoms with E-state index in [9.17, 15) is 9.59 Å². The molecular weight excluding hydrogens is 360 g/mol. The predicted octanol–water partition coefficient (Wildman–Crippen LogP) is 3.55. The molecule has 0 fully saturated rings. The molecule has 1 atom stereocenters. The van der Waals surface area contributed by atoms with E-state index in [0.717, 1.165) is 10.9 Å². The van der Waals surface area contributed by atoms with Crippen LogP contribution in [0.5, 0.6) is 11.5 Å². The maximum atomic E-state index is 12.8. The van der Waals surface area contributed by atoms with Crippen LogP contribution in [0.2, 0.25) is 0 Å². The number of para-hydroxylation sites is 1. The van der Waals surface area contributed by atoms with Gasteiger partial charge in [0.25, 0.3) is 5.91 Å². The minimum atomic E-state index is -0.641. The highest BCUT2D eigenvalue weighted by Gasteiger charge is 2.40. The Morgan fingerprint density at radius 1 is 1.07 bits per heavy atom. The Kier molecular flexibility index (Phi) is 4.75. The standard InChI is InChI=1S/C21H20N2O5/c1-3-27-16-10-9-14-11-18-21(25)23(26-2)19(22(18)17(14)12-16)13-20(24)28-15-7-5-4-6-8-15/h4-12,19H,3,13H2,1-2H3. The first-order valence-electron chi connectivity index (χ1n) is 9.03. The Bertz CT molecular complexity index is 1030. The highest BCUT2D eigenvalue weighted by Crippen LogP contribution is 2.37. The summed E-state index contributed by atoms with van der Waals surface area (Å²) in [6.07, 6.45) is -0.692. The summed E-state index contributed by atoms with van der Waals surface area (Å²) >= 11 is 0. The minimum absolute atomic E-state index is 0.0515. The Morgan fingerprint density at radius 3 is 2.57 bits per heavy atom. The topological polar surface area (TPSA) is 70.0 Å². The lowest BCUT2D eigenvalue weighted by atomic mass is 10.2. The molecule has 1 amide bonds. The normalized spacial score (nSPS) is 15.7. The van der Waals surface area contributed by atoms with Crippen molar-refractivity contribution in [3.8, 4) is 11.5 Å². The van der Waals surface area contributed by atoms with Gasteiger partial charge in [0.15, 0.2) is 0 Å². The van der Waals surface area contributed by atoms with Crippen LogP contribution < -0.4 is 9.47 Å². The van der Waals surface area contributed by atoms with Crippen molar-refractivity contribution >= 4 is 22.8 Å². The van der Waals surface area contributed by atoms with Gasteiger partial charge in [-0.05, 0) is 37.3 Å². The molecule has 1 aliphatic rings. The van der Waals surface area contributed by atoms with E-state index < -0.39 is 12.1 Å². The number of esters is 1.